The van der Waals surface area contributed by atoms with Crippen molar-refractivity contribution in [1.29, 1.82) is 0 Å². The van der Waals surface area contributed by atoms with Gasteiger partial charge in [-0.05, 0) is 34.4 Å². The highest BCUT2D eigenvalue weighted by molar-refractivity contribution is 5.78. The number of ether oxygens (including phenoxy) is 2. The molecule has 0 aromatic heterocycles. The van der Waals surface area contributed by atoms with Crippen LogP contribution in [0, 0.1) is 0 Å². The van der Waals surface area contributed by atoms with Gasteiger partial charge in [-0.1, -0.05) is 66.7 Å². The van der Waals surface area contributed by atoms with Gasteiger partial charge in [0.2, 0.25) is 5.91 Å². The van der Waals surface area contributed by atoms with Crippen molar-refractivity contribution in [1.82, 2.24) is 10.2 Å². The van der Waals surface area contributed by atoms with Gasteiger partial charge in [0.15, 0.2) is 0 Å². The fourth-order valence-corrected chi connectivity index (χ4v) is 3.72. The van der Waals surface area contributed by atoms with Crippen molar-refractivity contribution in [2.24, 2.45) is 0 Å². The van der Waals surface area contributed by atoms with Crippen molar-refractivity contribution in [3.8, 4) is 16.9 Å². The molecule has 1 aliphatic heterocycles. The van der Waals surface area contributed by atoms with Crippen LogP contribution in [0.25, 0.3) is 11.1 Å². The SMILES string of the molecule is O=C(Cc1ccc(-c2ccc(OCCN3CCOCC3)cc2)cc1)NCc1ccccc1. The van der Waals surface area contributed by atoms with Gasteiger partial charge < -0.3 is 14.8 Å². The third kappa shape index (κ3) is 6.67. The van der Waals surface area contributed by atoms with E-state index in [1.54, 1.807) is 0 Å². The molecule has 32 heavy (non-hydrogen) atoms. The number of carbonyl (C=O) groups is 1. The van der Waals surface area contributed by atoms with E-state index in [0.29, 0.717) is 19.6 Å². The average Bonchev–Trinajstić information content (AvgIpc) is 2.85. The van der Waals surface area contributed by atoms with Crippen molar-refractivity contribution in [3.05, 3.63) is 90.0 Å². The second-order valence-corrected chi connectivity index (χ2v) is 7.96. The molecule has 1 heterocycles. The van der Waals surface area contributed by atoms with E-state index in [4.69, 9.17) is 9.47 Å². The Labute approximate surface area is 190 Å². The number of rotatable bonds is 9. The number of hydrogen-bond acceptors (Lipinski definition) is 4. The standard InChI is InChI=1S/C27H30N2O3/c30-27(28-21-23-4-2-1-3-5-23)20-22-6-8-24(9-7-22)25-10-12-26(13-11-25)32-19-16-29-14-17-31-18-15-29/h1-13H,14-21H2,(H,28,30). The zero-order valence-electron chi connectivity index (χ0n) is 18.3. The number of carbonyl (C=O) groups excluding carboxylic acids is 1. The summed E-state index contributed by atoms with van der Waals surface area (Å²) in [6.07, 6.45) is 0.378. The molecule has 1 aliphatic rings. The minimum atomic E-state index is 0.0279. The van der Waals surface area contributed by atoms with E-state index in [-0.39, 0.29) is 5.91 Å². The fourth-order valence-electron chi connectivity index (χ4n) is 3.72. The number of morpholine rings is 1. The van der Waals surface area contributed by atoms with Gasteiger partial charge in [0.1, 0.15) is 12.4 Å². The molecule has 0 atom stereocenters. The van der Waals surface area contributed by atoms with Crippen molar-refractivity contribution in [2.45, 2.75) is 13.0 Å². The van der Waals surface area contributed by atoms with Gasteiger partial charge in [-0.2, -0.15) is 0 Å². The van der Waals surface area contributed by atoms with Crippen LogP contribution in [0.5, 0.6) is 5.75 Å². The predicted octanol–water partition coefficient (Wildman–Crippen LogP) is 3.92. The summed E-state index contributed by atoms with van der Waals surface area (Å²) < 4.78 is 11.3. The van der Waals surface area contributed by atoms with Crippen LogP contribution in [0.2, 0.25) is 0 Å². The highest BCUT2D eigenvalue weighted by Gasteiger charge is 2.10. The van der Waals surface area contributed by atoms with E-state index in [0.717, 1.165) is 60.9 Å². The summed E-state index contributed by atoms with van der Waals surface area (Å²) in [5.74, 6) is 0.911. The Morgan fingerprint density at radius 3 is 2.19 bits per heavy atom. The maximum Gasteiger partial charge on any atom is 0.224 e. The summed E-state index contributed by atoms with van der Waals surface area (Å²) in [4.78, 5) is 14.6. The molecule has 0 bridgehead atoms. The van der Waals surface area contributed by atoms with Crippen molar-refractivity contribution >= 4 is 5.91 Å². The number of benzene rings is 3. The van der Waals surface area contributed by atoms with Crippen LogP contribution in [-0.2, 0) is 22.5 Å². The largest absolute Gasteiger partial charge is 0.492 e. The van der Waals surface area contributed by atoms with Gasteiger partial charge in [-0.25, -0.2) is 0 Å². The molecule has 3 aromatic rings. The summed E-state index contributed by atoms with van der Waals surface area (Å²) in [5, 5.41) is 2.98. The van der Waals surface area contributed by atoms with Gasteiger partial charge >= 0.3 is 0 Å². The van der Waals surface area contributed by atoms with Crippen LogP contribution < -0.4 is 10.1 Å². The lowest BCUT2D eigenvalue weighted by molar-refractivity contribution is -0.120. The molecule has 0 radical (unpaired) electrons. The Hall–Kier alpha value is -3.15. The Morgan fingerprint density at radius 2 is 1.50 bits per heavy atom. The van der Waals surface area contributed by atoms with Gasteiger partial charge in [-0.3, -0.25) is 9.69 Å². The van der Waals surface area contributed by atoms with Gasteiger partial charge in [0.25, 0.3) is 0 Å². The summed E-state index contributed by atoms with van der Waals surface area (Å²) in [7, 11) is 0. The topological polar surface area (TPSA) is 50.8 Å². The fraction of sp³-hybridized carbons (Fsp3) is 0.296. The summed E-state index contributed by atoms with van der Waals surface area (Å²) in [6.45, 7) is 5.74. The van der Waals surface area contributed by atoms with Crippen molar-refractivity contribution in [2.75, 3.05) is 39.5 Å². The lowest BCUT2D eigenvalue weighted by atomic mass is 10.0. The van der Waals surface area contributed by atoms with Crippen LogP contribution in [-0.4, -0.2) is 50.3 Å². The van der Waals surface area contributed by atoms with Gasteiger partial charge in [0, 0.05) is 26.2 Å². The maximum atomic E-state index is 12.2. The summed E-state index contributed by atoms with van der Waals surface area (Å²) in [6, 6.07) is 26.3. The molecule has 0 saturated carbocycles. The second-order valence-electron chi connectivity index (χ2n) is 7.96. The Kier molecular flexibility index (Phi) is 7.90. The Balaban J connectivity index is 1.23. The normalized spacial score (nSPS) is 14.1. The second kappa shape index (κ2) is 11.5. The molecule has 0 unspecified atom stereocenters. The molecule has 4 rings (SSSR count). The quantitative estimate of drug-likeness (QED) is 0.559. The first-order valence-electron chi connectivity index (χ1n) is 11.2. The number of hydrogen-bond donors (Lipinski definition) is 1. The smallest absolute Gasteiger partial charge is 0.224 e. The first-order chi connectivity index (χ1) is 15.8. The van der Waals surface area contributed by atoms with Gasteiger partial charge in [-0.15, -0.1) is 0 Å². The van der Waals surface area contributed by atoms with Crippen molar-refractivity contribution in [3.63, 3.8) is 0 Å². The number of nitrogens with one attached hydrogen (secondary N) is 1. The van der Waals surface area contributed by atoms with E-state index >= 15 is 0 Å². The first-order valence-corrected chi connectivity index (χ1v) is 11.2. The van der Waals surface area contributed by atoms with Crippen molar-refractivity contribution < 1.29 is 14.3 Å². The zero-order valence-corrected chi connectivity index (χ0v) is 18.3. The molecular formula is C27H30N2O3. The molecule has 3 aromatic carbocycles. The zero-order chi connectivity index (χ0) is 22.0. The third-order valence-corrected chi connectivity index (χ3v) is 5.62. The minimum Gasteiger partial charge on any atom is -0.492 e. The Morgan fingerprint density at radius 1 is 0.844 bits per heavy atom. The number of amides is 1. The van der Waals surface area contributed by atoms with E-state index in [2.05, 4.69) is 34.5 Å². The highest BCUT2D eigenvalue weighted by Crippen LogP contribution is 2.23. The third-order valence-electron chi connectivity index (χ3n) is 5.62. The van der Waals surface area contributed by atoms with Crippen LogP contribution in [0.15, 0.2) is 78.9 Å². The van der Waals surface area contributed by atoms with Crippen LogP contribution in [0.1, 0.15) is 11.1 Å². The van der Waals surface area contributed by atoms with Crippen LogP contribution in [0.3, 0.4) is 0 Å². The van der Waals surface area contributed by atoms with Crippen LogP contribution in [0.4, 0.5) is 0 Å². The summed E-state index contributed by atoms with van der Waals surface area (Å²) in [5.41, 5.74) is 4.36. The van der Waals surface area contributed by atoms with E-state index in [1.807, 2.05) is 54.6 Å². The monoisotopic (exact) mass is 430 g/mol. The lowest BCUT2D eigenvalue weighted by Crippen LogP contribution is -2.38. The molecule has 0 aliphatic carbocycles. The average molecular weight is 431 g/mol. The summed E-state index contributed by atoms with van der Waals surface area (Å²) >= 11 is 0. The molecule has 1 saturated heterocycles. The van der Waals surface area contributed by atoms with Crippen LogP contribution >= 0.6 is 0 Å². The Bertz CT molecular complexity index is 966. The van der Waals surface area contributed by atoms with E-state index in [9.17, 15) is 4.79 Å². The highest BCUT2D eigenvalue weighted by atomic mass is 16.5. The molecule has 1 fully saturated rings. The lowest BCUT2D eigenvalue weighted by Gasteiger charge is -2.26. The molecule has 166 valence electrons. The van der Waals surface area contributed by atoms with E-state index in [1.165, 1.54) is 0 Å². The maximum absolute atomic E-state index is 12.2. The number of nitrogens with zero attached hydrogens (tertiary/aromatic N) is 1. The first kappa shape index (κ1) is 22.1. The molecule has 5 heteroatoms. The van der Waals surface area contributed by atoms with E-state index < -0.39 is 0 Å². The predicted molar refractivity (Wildman–Crippen MR) is 127 cm³/mol. The molecule has 0 spiro atoms. The molecular weight excluding hydrogens is 400 g/mol. The molecule has 1 amide bonds. The molecule has 5 nitrogen and oxygen atoms in total. The van der Waals surface area contributed by atoms with Gasteiger partial charge in [0.05, 0.1) is 19.6 Å². The minimum absolute atomic E-state index is 0.0279. The molecule has 1 N–H and O–H groups in total.